The summed E-state index contributed by atoms with van der Waals surface area (Å²) in [4.78, 5) is 49.5. The van der Waals surface area contributed by atoms with Crippen molar-refractivity contribution in [2.75, 3.05) is 6.54 Å². The third kappa shape index (κ3) is 4.47. The lowest BCUT2D eigenvalue weighted by Gasteiger charge is -2.33. The molecule has 1 aliphatic heterocycles. The SMILES string of the molecule is CC(=O)S[C@@H](CC(=O)c1ccccc1)C(C)C(=O)[N@+]1(C(=O)O)CCCC1C. The van der Waals surface area contributed by atoms with Crippen molar-refractivity contribution >= 4 is 34.7 Å². The van der Waals surface area contributed by atoms with Gasteiger partial charge in [-0.15, -0.1) is 0 Å². The fourth-order valence-corrected chi connectivity index (χ4v) is 4.75. The van der Waals surface area contributed by atoms with Crippen LogP contribution in [0.2, 0.25) is 0 Å². The molecule has 6 nitrogen and oxygen atoms in total. The second kappa shape index (κ2) is 8.80. The average Bonchev–Trinajstić information content (AvgIpc) is 3.02. The number of ketones is 1. The van der Waals surface area contributed by atoms with Crippen molar-refractivity contribution in [3.8, 4) is 0 Å². The van der Waals surface area contributed by atoms with E-state index in [9.17, 15) is 24.3 Å². The Morgan fingerprint density at radius 1 is 1.22 bits per heavy atom. The van der Waals surface area contributed by atoms with Crippen LogP contribution < -0.4 is 0 Å². The maximum Gasteiger partial charge on any atom is 0.521 e. The second-order valence-electron chi connectivity index (χ2n) is 7.13. The monoisotopic (exact) mass is 392 g/mol. The Morgan fingerprint density at radius 2 is 1.85 bits per heavy atom. The number of carbonyl (C=O) groups excluding carboxylic acids is 3. The molecule has 1 heterocycles. The lowest BCUT2D eigenvalue weighted by molar-refractivity contribution is -0.794. The van der Waals surface area contributed by atoms with E-state index >= 15 is 0 Å². The minimum Gasteiger partial charge on any atom is -0.435 e. The number of hydrogen-bond donors (Lipinski definition) is 1. The molecule has 146 valence electrons. The van der Waals surface area contributed by atoms with E-state index in [1.807, 2.05) is 0 Å². The molecule has 4 atom stereocenters. The van der Waals surface area contributed by atoms with Crippen LogP contribution in [0.15, 0.2) is 30.3 Å². The van der Waals surface area contributed by atoms with Gasteiger partial charge in [-0.25, -0.2) is 4.79 Å². The molecule has 1 N–H and O–H groups in total. The summed E-state index contributed by atoms with van der Waals surface area (Å²) in [5.74, 6) is -1.32. The Balaban J connectivity index is 2.27. The number of benzene rings is 1. The Morgan fingerprint density at radius 3 is 2.33 bits per heavy atom. The number of carboxylic acid groups (broad SMARTS) is 1. The average molecular weight is 392 g/mol. The normalized spacial score (nSPS) is 24.2. The van der Waals surface area contributed by atoms with E-state index in [1.54, 1.807) is 44.2 Å². The van der Waals surface area contributed by atoms with Crippen molar-refractivity contribution in [2.24, 2.45) is 5.92 Å². The number of carbonyl (C=O) groups is 4. The van der Waals surface area contributed by atoms with E-state index < -0.39 is 27.7 Å². The van der Waals surface area contributed by atoms with E-state index in [4.69, 9.17) is 0 Å². The van der Waals surface area contributed by atoms with Crippen LogP contribution in [0.25, 0.3) is 0 Å². The van der Waals surface area contributed by atoms with Gasteiger partial charge in [-0.3, -0.25) is 9.59 Å². The maximum absolute atomic E-state index is 13.2. The van der Waals surface area contributed by atoms with Crippen LogP contribution >= 0.6 is 11.8 Å². The number of Topliss-reactive ketones (excluding diaryl/α,β-unsaturated/α-hetero) is 1. The van der Waals surface area contributed by atoms with Crippen molar-refractivity contribution in [1.29, 1.82) is 0 Å². The first-order chi connectivity index (χ1) is 12.7. The predicted octanol–water partition coefficient (Wildman–Crippen LogP) is 3.75. The number of hydrogen-bond acceptors (Lipinski definition) is 5. The molecular weight excluding hydrogens is 366 g/mol. The fourth-order valence-electron chi connectivity index (χ4n) is 3.76. The van der Waals surface area contributed by atoms with Crippen molar-refractivity contribution in [2.45, 2.75) is 51.3 Å². The largest absolute Gasteiger partial charge is 0.521 e. The summed E-state index contributed by atoms with van der Waals surface area (Å²) < 4.78 is -0.615. The molecule has 1 aromatic rings. The zero-order valence-electron chi connectivity index (χ0n) is 15.9. The Labute approximate surface area is 163 Å². The van der Waals surface area contributed by atoms with Crippen molar-refractivity contribution in [3.05, 3.63) is 35.9 Å². The van der Waals surface area contributed by atoms with Crippen LogP contribution in [0.3, 0.4) is 0 Å². The minimum absolute atomic E-state index is 0.00909. The molecule has 0 radical (unpaired) electrons. The summed E-state index contributed by atoms with van der Waals surface area (Å²) in [5.41, 5.74) is 0.517. The van der Waals surface area contributed by atoms with E-state index in [2.05, 4.69) is 0 Å². The number of rotatable bonds is 6. The number of imide groups is 1. The first-order valence-electron chi connectivity index (χ1n) is 9.11. The number of likely N-dealkylation sites (tertiary alicyclic amines) is 1. The molecule has 2 amide bonds. The van der Waals surface area contributed by atoms with Gasteiger partial charge in [0.25, 0.3) is 0 Å². The first kappa shape index (κ1) is 21.3. The highest BCUT2D eigenvalue weighted by atomic mass is 32.2. The molecule has 1 fully saturated rings. The minimum atomic E-state index is -1.15. The molecule has 2 unspecified atom stereocenters. The van der Waals surface area contributed by atoms with E-state index in [0.29, 0.717) is 18.4 Å². The molecule has 27 heavy (non-hydrogen) atoms. The second-order valence-corrected chi connectivity index (χ2v) is 8.55. The number of nitrogens with zero attached hydrogens (tertiary/aromatic N) is 1. The number of thioether (sulfide) groups is 1. The predicted molar refractivity (Wildman–Crippen MR) is 103 cm³/mol. The summed E-state index contributed by atoms with van der Waals surface area (Å²) in [7, 11) is 0. The molecule has 0 aliphatic carbocycles. The first-order valence-corrected chi connectivity index (χ1v) is 9.99. The molecule has 1 aliphatic rings. The van der Waals surface area contributed by atoms with E-state index in [0.717, 1.165) is 11.8 Å². The highest BCUT2D eigenvalue weighted by Crippen LogP contribution is 2.34. The van der Waals surface area contributed by atoms with Gasteiger partial charge in [-0.1, -0.05) is 42.1 Å². The van der Waals surface area contributed by atoms with Gasteiger partial charge in [-0.2, -0.15) is 9.28 Å². The van der Waals surface area contributed by atoms with Crippen molar-refractivity contribution in [3.63, 3.8) is 0 Å². The summed E-state index contributed by atoms with van der Waals surface area (Å²) in [6.07, 6.45) is 0.185. The Kier molecular flexibility index (Phi) is 6.95. The van der Waals surface area contributed by atoms with E-state index in [1.165, 1.54) is 6.92 Å². The number of quaternary nitrogens is 1. The summed E-state index contributed by atoms with van der Waals surface area (Å²) in [5, 5.41) is 9.00. The van der Waals surface area contributed by atoms with Gasteiger partial charge in [0.1, 0.15) is 6.04 Å². The Bertz CT molecular complexity index is 735. The smallest absolute Gasteiger partial charge is 0.435 e. The third-order valence-electron chi connectivity index (χ3n) is 5.37. The van der Waals surface area contributed by atoms with Crippen LogP contribution in [0, 0.1) is 5.92 Å². The van der Waals surface area contributed by atoms with Crippen LogP contribution in [-0.4, -0.2) is 50.3 Å². The summed E-state index contributed by atoms with van der Waals surface area (Å²) in [6.45, 7) is 5.05. The fraction of sp³-hybridized carbons (Fsp3) is 0.500. The highest BCUT2D eigenvalue weighted by molar-refractivity contribution is 8.14. The van der Waals surface area contributed by atoms with Crippen LogP contribution in [0.4, 0.5) is 4.79 Å². The quantitative estimate of drug-likeness (QED) is 0.586. The van der Waals surface area contributed by atoms with Crippen molar-refractivity contribution in [1.82, 2.24) is 0 Å². The summed E-state index contributed by atoms with van der Waals surface area (Å²) in [6, 6.07) is 8.39. The highest BCUT2D eigenvalue weighted by Gasteiger charge is 2.55. The molecule has 0 aromatic heterocycles. The van der Waals surface area contributed by atoms with Crippen molar-refractivity contribution < 1.29 is 28.8 Å². The summed E-state index contributed by atoms with van der Waals surface area (Å²) >= 11 is 0.946. The standard InChI is InChI=1S/C20H25NO5S/c1-13-8-7-11-21(13,20(25)26)19(24)14(2)18(27-15(3)22)12-17(23)16-9-5-4-6-10-16/h4-6,9-10,13-14,18H,7-8,11-12H2,1-3H3/p+1/t13?,14?,18-,21-/m0/s1. The van der Waals surface area contributed by atoms with Gasteiger partial charge < -0.3 is 5.11 Å². The van der Waals surface area contributed by atoms with Crippen LogP contribution in [-0.2, 0) is 9.59 Å². The number of amides is 2. The third-order valence-corrected chi connectivity index (χ3v) is 6.58. The molecule has 2 rings (SSSR count). The Hall–Kier alpha value is -1.99. The molecule has 0 spiro atoms. The van der Waals surface area contributed by atoms with Gasteiger partial charge in [0.05, 0.1) is 12.5 Å². The lowest BCUT2D eigenvalue weighted by Crippen LogP contribution is -2.61. The molecule has 0 saturated carbocycles. The molecule has 0 bridgehead atoms. The van der Waals surface area contributed by atoms with Gasteiger partial charge in [0, 0.05) is 37.0 Å². The molecule has 7 heteroatoms. The molecule has 1 aromatic carbocycles. The van der Waals surface area contributed by atoms with Gasteiger partial charge in [0.15, 0.2) is 10.9 Å². The van der Waals surface area contributed by atoms with Crippen LogP contribution in [0.1, 0.15) is 50.4 Å². The van der Waals surface area contributed by atoms with Crippen LogP contribution in [0.5, 0.6) is 0 Å². The maximum atomic E-state index is 13.2. The van der Waals surface area contributed by atoms with Gasteiger partial charge in [0.2, 0.25) is 0 Å². The zero-order valence-corrected chi connectivity index (χ0v) is 16.7. The van der Waals surface area contributed by atoms with Gasteiger partial charge in [-0.05, 0) is 13.8 Å². The molecular formula is C20H26NO5S+. The topological polar surface area (TPSA) is 88.5 Å². The molecule has 1 saturated heterocycles. The lowest BCUT2D eigenvalue weighted by atomic mass is 9.97. The zero-order chi connectivity index (χ0) is 20.2. The van der Waals surface area contributed by atoms with Gasteiger partial charge >= 0.3 is 12.0 Å². The van der Waals surface area contributed by atoms with E-state index in [-0.39, 0.29) is 29.9 Å².